The lowest BCUT2D eigenvalue weighted by atomic mass is 9.85. The van der Waals surface area contributed by atoms with Gasteiger partial charge in [0.2, 0.25) is 0 Å². The average molecular weight is 245 g/mol. The third-order valence-electron chi connectivity index (χ3n) is 3.29. The minimum Gasteiger partial charge on any atom is -0.382 e. The second-order valence-corrected chi connectivity index (χ2v) is 5.78. The minimum absolute atomic E-state index is 0.178. The number of anilines is 1. The molecule has 1 N–H and O–H groups in total. The molecule has 1 aromatic carbocycles. The third kappa shape index (κ3) is 4.05. The largest absolute Gasteiger partial charge is 0.382 e. The fourth-order valence-corrected chi connectivity index (χ4v) is 2.04. The minimum atomic E-state index is 0.178. The SMILES string of the molecule is CC(Nc1ccc(C#N)cc1)C(C)(C)CN(C)C. The molecule has 18 heavy (non-hydrogen) atoms. The summed E-state index contributed by atoms with van der Waals surface area (Å²) in [5, 5.41) is 12.3. The monoisotopic (exact) mass is 245 g/mol. The molecule has 0 aromatic heterocycles. The van der Waals surface area contributed by atoms with E-state index in [1.54, 1.807) is 0 Å². The number of benzene rings is 1. The van der Waals surface area contributed by atoms with Gasteiger partial charge in [0, 0.05) is 18.3 Å². The van der Waals surface area contributed by atoms with Gasteiger partial charge in [-0.2, -0.15) is 5.26 Å². The lowest BCUT2D eigenvalue weighted by Gasteiger charge is -2.35. The zero-order valence-electron chi connectivity index (χ0n) is 12.0. The highest BCUT2D eigenvalue weighted by Gasteiger charge is 2.26. The van der Waals surface area contributed by atoms with Crippen molar-refractivity contribution < 1.29 is 0 Å². The van der Waals surface area contributed by atoms with E-state index in [9.17, 15) is 0 Å². The summed E-state index contributed by atoms with van der Waals surface area (Å²) in [4.78, 5) is 2.21. The first-order valence-electron chi connectivity index (χ1n) is 6.26. The van der Waals surface area contributed by atoms with Crippen LogP contribution < -0.4 is 5.32 Å². The first kappa shape index (κ1) is 14.5. The molecule has 0 aliphatic rings. The van der Waals surface area contributed by atoms with E-state index in [1.807, 2.05) is 24.3 Å². The lowest BCUT2D eigenvalue weighted by molar-refractivity contribution is 0.217. The van der Waals surface area contributed by atoms with Gasteiger partial charge in [0.05, 0.1) is 11.6 Å². The zero-order valence-corrected chi connectivity index (χ0v) is 12.0. The van der Waals surface area contributed by atoms with Crippen LogP contribution in [0.4, 0.5) is 5.69 Å². The molecule has 3 heteroatoms. The summed E-state index contributed by atoms with van der Waals surface area (Å²) in [5.74, 6) is 0. The number of hydrogen-bond acceptors (Lipinski definition) is 3. The second-order valence-electron chi connectivity index (χ2n) is 5.78. The van der Waals surface area contributed by atoms with E-state index in [-0.39, 0.29) is 5.41 Å². The molecule has 0 aliphatic carbocycles. The zero-order chi connectivity index (χ0) is 13.8. The maximum atomic E-state index is 8.76. The van der Waals surface area contributed by atoms with Crippen molar-refractivity contribution in [2.45, 2.75) is 26.8 Å². The molecule has 3 nitrogen and oxygen atoms in total. The maximum absolute atomic E-state index is 8.76. The number of nitrogens with zero attached hydrogens (tertiary/aromatic N) is 2. The van der Waals surface area contributed by atoms with Crippen LogP contribution in [0.3, 0.4) is 0 Å². The summed E-state index contributed by atoms with van der Waals surface area (Å²) in [7, 11) is 4.19. The van der Waals surface area contributed by atoms with E-state index in [1.165, 1.54) is 0 Å². The number of nitrogens with one attached hydrogen (secondary N) is 1. The van der Waals surface area contributed by atoms with E-state index in [2.05, 4.69) is 51.2 Å². The topological polar surface area (TPSA) is 39.1 Å². The van der Waals surface area contributed by atoms with E-state index in [0.717, 1.165) is 12.2 Å². The molecule has 98 valence electrons. The number of nitriles is 1. The molecular formula is C15H23N3. The molecule has 0 radical (unpaired) electrons. The van der Waals surface area contributed by atoms with E-state index in [4.69, 9.17) is 5.26 Å². The van der Waals surface area contributed by atoms with Crippen LogP contribution in [0.2, 0.25) is 0 Å². The van der Waals surface area contributed by atoms with Crippen LogP contribution in [0.1, 0.15) is 26.3 Å². The Morgan fingerprint density at radius 2 is 1.83 bits per heavy atom. The molecule has 0 bridgehead atoms. The normalized spacial score (nSPS) is 13.2. The Labute approximate surface area is 110 Å². The Hall–Kier alpha value is -1.53. The quantitative estimate of drug-likeness (QED) is 0.867. The Kier molecular flexibility index (Phi) is 4.75. The van der Waals surface area contributed by atoms with E-state index < -0.39 is 0 Å². The van der Waals surface area contributed by atoms with Crippen LogP contribution >= 0.6 is 0 Å². The fourth-order valence-electron chi connectivity index (χ4n) is 2.04. The van der Waals surface area contributed by atoms with Crippen molar-refractivity contribution in [2.75, 3.05) is 26.0 Å². The van der Waals surface area contributed by atoms with Gasteiger partial charge in [0.15, 0.2) is 0 Å². The summed E-state index contributed by atoms with van der Waals surface area (Å²) >= 11 is 0. The molecule has 1 unspecified atom stereocenters. The summed E-state index contributed by atoms with van der Waals surface area (Å²) < 4.78 is 0. The highest BCUT2D eigenvalue weighted by Crippen LogP contribution is 2.24. The fraction of sp³-hybridized carbons (Fsp3) is 0.533. The molecule has 1 rings (SSSR count). The molecule has 0 amide bonds. The van der Waals surface area contributed by atoms with Crippen LogP contribution in [0.25, 0.3) is 0 Å². The highest BCUT2D eigenvalue weighted by molar-refractivity contribution is 5.48. The van der Waals surface area contributed by atoms with Crippen LogP contribution in [0, 0.1) is 16.7 Å². The summed E-state index contributed by atoms with van der Waals surface area (Å²) in [5.41, 5.74) is 1.94. The van der Waals surface area contributed by atoms with Crippen LogP contribution in [-0.2, 0) is 0 Å². The van der Waals surface area contributed by atoms with Gasteiger partial charge < -0.3 is 10.2 Å². The second kappa shape index (κ2) is 5.88. The first-order valence-corrected chi connectivity index (χ1v) is 6.26. The van der Waals surface area contributed by atoms with Crippen LogP contribution in [0.15, 0.2) is 24.3 Å². The number of hydrogen-bond donors (Lipinski definition) is 1. The third-order valence-corrected chi connectivity index (χ3v) is 3.29. The molecule has 0 heterocycles. The standard InChI is InChI=1S/C15H23N3/c1-12(15(2,3)11-18(4)5)17-14-8-6-13(10-16)7-9-14/h6-9,12,17H,11H2,1-5H3. The molecular weight excluding hydrogens is 222 g/mol. The van der Waals surface area contributed by atoms with Gasteiger partial charge in [0.1, 0.15) is 0 Å². The maximum Gasteiger partial charge on any atom is 0.0991 e. The van der Waals surface area contributed by atoms with Crippen molar-refractivity contribution in [3.8, 4) is 6.07 Å². The molecule has 1 atom stereocenters. The first-order chi connectivity index (χ1) is 8.35. The number of rotatable bonds is 5. The Morgan fingerprint density at radius 3 is 2.28 bits per heavy atom. The summed E-state index contributed by atoms with van der Waals surface area (Å²) in [6.45, 7) is 7.74. The van der Waals surface area contributed by atoms with Gasteiger partial charge in [0.25, 0.3) is 0 Å². The van der Waals surface area contributed by atoms with Crippen LogP contribution in [-0.4, -0.2) is 31.6 Å². The van der Waals surface area contributed by atoms with Gasteiger partial charge >= 0.3 is 0 Å². The molecule has 0 fully saturated rings. The smallest absolute Gasteiger partial charge is 0.0991 e. The Balaban J connectivity index is 2.68. The predicted molar refractivity (Wildman–Crippen MR) is 76.6 cm³/mol. The summed E-state index contributed by atoms with van der Waals surface area (Å²) in [6.07, 6.45) is 0. The molecule has 0 aliphatic heterocycles. The van der Waals surface area contributed by atoms with Gasteiger partial charge in [-0.15, -0.1) is 0 Å². The van der Waals surface area contributed by atoms with Gasteiger partial charge in [-0.25, -0.2) is 0 Å². The van der Waals surface area contributed by atoms with Crippen molar-refractivity contribution in [1.82, 2.24) is 4.90 Å². The van der Waals surface area contributed by atoms with Gasteiger partial charge in [-0.3, -0.25) is 0 Å². The molecule has 0 saturated carbocycles. The highest BCUT2D eigenvalue weighted by atomic mass is 15.1. The Morgan fingerprint density at radius 1 is 1.28 bits per heavy atom. The molecule has 0 saturated heterocycles. The van der Waals surface area contributed by atoms with Crippen LogP contribution in [0.5, 0.6) is 0 Å². The lowest BCUT2D eigenvalue weighted by Crippen LogP contribution is -2.41. The molecule has 0 spiro atoms. The van der Waals surface area contributed by atoms with Crippen molar-refractivity contribution in [3.63, 3.8) is 0 Å². The van der Waals surface area contributed by atoms with E-state index >= 15 is 0 Å². The summed E-state index contributed by atoms with van der Waals surface area (Å²) in [6, 6.07) is 10.1. The van der Waals surface area contributed by atoms with Crippen molar-refractivity contribution in [1.29, 1.82) is 5.26 Å². The Bertz CT molecular complexity index is 412. The van der Waals surface area contributed by atoms with Crippen molar-refractivity contribution in [3.05, 3.63) is 29.8 Å². The van der Waals surface area contributed by atoms with Crippen molar-refractivity contribution >= 4 is 5.69 Å². The molecule has 1 aromatic rings. The van der Waals surface area contributed by atoms with Gasteiger partial charge in [-0.1, -0.05) is 13.8 Å². The van der Waals surface area contributed by atoms with Crippen molar-refractivity contribution in [2.24, 2.45) is 5.41 Å². The average Bonchev–Trinajstić information content (AvgIpc) is 2.28. The predicted octanol–water partition coefficient (Wildman–Crippen LogP) is 2.95. The van der Waals surface area contributed by atoms with Gasteiger partial charge in [-0.05, 0) is 50.7 Å². The van der Waals surface area contributed by atoms with E-state index in [0.29, 0.717) is 11.6 Å².